The van der Waals surface area contributed by atoms with Crippen LogP contribution in [0, 0.1) is 5.92 Å². The van der Waals surface area contributed by atoms with Crippen LogP contribution in [0.2, 0.25) is 0 Å². The first-order valence-corrected chi connectivity index (χ1v) is 8.49. The molecule has 23 heavy (non-hydrogen) atoms. The summed E-state index contributed by atoms with van der Waals surface area (Å²) in [5.41, 5.74) is 0. The van der Waals surface area contributed by atoms with Crippen LogP contribution in [-0.2, 0) is 19.2 Å². The molecule has 0 aromatic carbocycles. The van der Waals surface area contributed by atoms with E-state index in [0.29, 0.717) is 17.4 Å². The Bertz CT molecular complexity index is 561. The number of amides is 2. The highest BCUT2D eigenvalue weighted by molar-refractivity contribution is 7.99. The highest BCUT2D eigenvalue weighted by Crippen LogP contribution is 2.30. The maximum Gasteiger partial charge on any atom is 0.333 e. The van der Waals surface area contributed by atoms with Gasteiger partial charge in [0.2, 0.25) is 0 Å². The lowest BCUT2D eigenvalue weighted by Crippen LogP contribution is -2.32. The van der Waals surface area contributed by atoms with E-state index in [1.807, 2.05) is 18.2 Å². The Labute approximate surface area is 139 Å². The molecule has 1 aliphatic heterocycles. The summed E-state index contributed by atoms with van der Waals surface area (Å²) < 4.78 is 0. The number of thioether (sulfide) groups is 1. The molecule has 1 saturated heterocycles. The van der Waals surface area contributed by atoms with Crippen LogP contribution in [0.15, 0.2) is 29.4 Å². The average Bonchev–Trinajstić information content (AvgIpc) is 2.84. The van der Waals surface area contributed by atoms with Gasteiger partial charge in [0.05, 0.1) is 5.03 Å². The van der Waals surface area contributed by atoms with Crippen LogP contribution in [0.4, 0.5) is 0 Å². The van der Waals surface area contributed by atoms with Gasteiger partial charge in [0.1, 0.15) is 0 Å². The van der Waals surface area contributed by atoms with Crippen LogP contribution < -0.4 is 0 Å². The molecule has 2 rings (SSSR count). The summed E-state index contributed by atoms with van der Waals surface area (Å²) in [6, 6.07) is 5.71. The lowest BCUT2D eigenvalue weighted by molar-refractivity contribution is -0.197. The van der Waals surface area contributed by atoms with Gasteiger partial charge in [0, 0.05) is 30.7 Å². The molecule has 2 heterocycles. The normalized spacial score (nSPS) is 16.0. The molecule has 0 radical (unpaired) electrons. The van der Waals surface area contributed by atoms with E-state index in [9.17, 15) is 14.4 Å². The van der Waals surface area contributed by atoms with Gasteiger partial charge < -0.3 is 4.84 Å². The Kier molecular flexibility index (Phi) is 6.15. The second kappa shape index (κ2) is 8.10. The quantitative estimate of drug-likeness (QED) is 0.563. The lowest BCUT2D eigenvalue weighted by atomic mass is 10.1. The molecule has 0 spiro atoms. The van der Waals surface area contributed by atoms with Crippen molar-refractivity contribution in [3.8, 4) is 0 Å². The van der Waals surface area contributed by atoms with Crippen LogP contribution in [-0.4, -0.2) is 33.1 Å². The van der Waals surface area contributed by atoms with Gasteiger partial charge in [-0.3, -0.25) is 9.59 Å². The summed E-state index contributed by atoms with van der Waals surface area (Å²) in [6.07, 6.45) is 2.69. The molecule has 7 heteroatoms. The number of aromatic nitrogens is 1. The van der Waals surface area contributed by atoms with Crippen molar-refractivity contribution in [2.75, 3.05) is 0 Å². The first-order chi connectivity index (χ1) is 11.0. The monoisotopic (exact) mass is 336 g/mol. The standard InChI is InChI=1S/C16H20N2O4S/c1-11(2)12(23-13-5-3-4-10-17-13)6-9-16(21)22-18-14(19)7-8-15(18)20/h3-5,10-12H,6-9H2,1-2H3. The first-order valence-electron chi connectivity index (χ1n) is 7.61. The van der Waals surface area contributed by atoms with E-state index < -0.39 is 17.8 Å². The highest BCUT2D eigenvalue weighted by Gasteiger charge is 2.33. The van der Waals surface area contributed by atoms with Crippen molar-refractivity contribution in [1.29, 1.82) is 0 Å². The van der Waals surface area contributed by atoms with Crippen molar-refractivity contribution in [2.45, 2.75) is 49.8 Å². The van der Waals surface area contributed by atoms with Crippen molar-refractivity contribution >= 4 is 29.5 Å². The molecule has 2 amide bonds. The van der Waals surface area contributed by atoms with Gasteiger partial charge in [-0.05, 0) is 24.5 Å². The van der Waals surface area contributed by atoms with Crippen LogP contribution in [0.25, 0.3) is 0 Å². The molecule has 0 saturated carbocycles. The minimum absolute atomic E-state index is 0.107. The average molecular weight is 336 g/mol. The molecule has 0 N–H and O–H groups in total. The molecule has 0 bridgehead atoms. The summed E-state index contributed by atoms with van der Waals surface area (Å²) >= 11 is 1.62. The fourth-order valence-corrected chi connectivity index (χ4v) is 3.26. The molecule has 1 fully saturated rings. The number of imide groups is 1. The Morgan fingerprint density at radius 1 is 1.30 bits per heavy atom. The van der Waals surface area contributed by atoms with Gasteiger partial charge in [0.15, 0.2) is 0 Å². The molecule has 1 aromatic heterocycles. The van der Waals surface area contributed by atoms with Gasteiger partial charge >= 0.3 is 5.97 Å². The van der Waals surface area contributed by atoms with Crippen molar-refractivity contribution in [3.05, 3.63) is 24.4 Å². The predicted octanol–water partition coefficient (Wildman–Crippen LogP) is 2.59. The second-order valence-electron chi connectivity index (χ2n) is 5.65. The molecule has 1 aliphatic rings. The zero-order valence-corrected chi connectivity index (χ0v) is 14.0. The third-order valence-corrected chi connectivity index (χ3v) is 5.05. The van der Waals surface area contributed by atoms with E-state index in [0.717, 1.165) is 5.03 Å². The molecule has 6 nitrogen and oxygen atoms in total. The van der Waals surface area contributed by atoms with Crippen LogP contribution in [0.3, 0.4) is 0 Å². The maximum absolute atomic E-state index is 11.9. The Balaban J connectivity index is 1.85. The Morgan fingerprint density at radius 2 is 2.00 bits per heavy atom. The van der Waals surface area contributed by atoms with E-state index in [4.69, 9.17) is 4.84 Å². The SMILES string of the molecule is CC(C)C(CCC(=O)ON1C(=O)CCC1=O)Sc1ccccn1. The number of carbonyl (C=O) groups excluding carboxylic acids is 3. The molecule has 1 atom stereocenters. The number of rotatable bonds is 7. The van der Waals surface area contributed by atoms with Crippen molar-refractivity contribution < 1.29 is 19.2 Å². The summed E-state index contributed by atoms with van der Waals surface area (Å²) in [5.74, 6) is -1.11. The maximum atomic E-state index is 11.9. The number of pyridine rings is 1. The minimum Gasteiger partial charge on any atom is -0.330 e. The molecule has 124 valence electrons. The van der Waals surface area contributed by atoms with Gasteiger partial charge in [-0.15, -0.1) is 16.8 Å². The van der Waals surface area contributed by atoms with E-state index in [-0.39, 0.29) is 24.5 Å². The largest absolute Gasteiger partial charge is 0.333 e. The van der Waals surface area contributed by atoms with E-state index in [1.165, 1.54) is 0 Å². The summed E-state index contributed by atoms with van der Waals surface area (Å²) in [5, 5.41) is 1.70. The number of hydrogen-bond donors (Lipinski definition) is 0. The smallest absolute Gasteiger partial charge is 0.330 e. The fourth-order valence-electron chi connectivity index (χ4n) is 2.17. The van der Waals surface area contributed by atoms with Crippen molar-refractivity contribution in [2.24, 2.45) is 5.92 Å². The number of hydroxylamine groups is 2. The van der Waals surface area contributed by atoms with Gasteiger partial charge in [-0.1, -0.05) is 19.9 Å². The van der Waals surface area contributed by atoms with E-state index in [2.05, 4.69) is 18.8 Å². The predicted molar refractivity (Wildman–Crippen MR) is 85.1 cm³/mol. The molecule has 0 aliphatic carbocycles. The summed E-state index contributed by atoms with van der Waals surface area (Å²) in [6.45, 7) is 4.17. The first kappa shape index (κ1) is 17.5. The third kappa shape index (κ3) is 5.06. The highest BCUT2D eigenvalue weighted by atomic mass is 32.2. The Morgan fingerprint density at radius 3 is 2.57 bits per heavy atom. The van der Waals surface area contributed by atoms with Crippen LogP contribution >= 0.6 is 11.8 Å². The number of carbonyl (C=O) groups is 3. The Hall–Kier alpha value is -1.89. The minimum atomic E-state index is -0.555. The number of nitrogens with zero attached hydrogens (tertiary/aromatic N) is 2. The van der Waals surface area contributed by atoms with Crippen molar-refractivity contribution in [3.63, 3.8) is 0 Å². The fraction of sp³-hybridized carbons (Fsp3) is 0.500. The van der Waals surface area contributed by atoms with Crippen molar-refractivity contribution in [1.82, 2.24) is 10.0 Å². The molecular formula is C16H20N2O4S. The third-order valence-electron chi connectivity index (χ3n) is 3.49. The van der Waals surface area contributed by atoms with Gasteiger partial charge in [0.25, 0.3) is 11.8 Å². The van der Waals surface area contributed by atoms with E-state index >= 15 is 0 Å². The topological polar surface area (TPSA) is 76.6 Å². The lowest BCUT2D eigenvalue weighted by Gasteiger charge is -2.20. The molecular weight excluding hydrogens is 316 g/mol. The summed E-state index contributed by atoms with van der Waals surface area (Å²) in [7, 11) is 0. The van der Waals surface area contributed by atoms with Gasteiger partial charge in [-0.25, -0.2) is 9.78 Å². The van der Waals surface area contributed by atoms with E-state index in [1.54, 1.807) is 18.0 Å². The zero-order valence-electron chi connectivity index (χ0n) is 13.2. The van der Waals surface area contributed by atoms with Crippen LogP contribution in [0.5, 0.6) is 0 Å². The molecule has 1 unspecified atom stereocenters. The molecule has 1 aromatic rings. The van der Waals surface area contributed by atoms with Crippen LogP contribution in [0.1, 0.15) is 39.5 Å². The zero-order chi connectivity index (χ0) is 16.8. The second-order valence-corrected chi connectivity index (χ2v) is 6.91. The van der Waals surface area contributed by atoms with Gasteiger partial charge in [-0.2, -0.15) is 0 Å². The summed E-state index contributed by atoms with van der Waals surface area (Å²) in [4.78, 5) is 43.9. The number of hydrogen-bond acceptors (Lipinski definition) is 6.